The predicted molar refractivity (Wildman–Crippen MR) is 87.1 cm³/mol. The summed E-state index contributed by atoms with van der Waals surface area (Å²) in [5.74, 6) is 0.642. The molecule has 2 N–H and O–H groups in total. The molecule has 4 nitrogen and oxygen atoms in total. The summed E-state index contributed by atoms with van der Waals surface area (Å²) in [6.07, 6.45) is 8.34. The van der Waals surface area contributed by atoms with E-state index < -0.39 is 5.54 Å². The van der Waals surface area contributed by atoms with Gasteiger partial charge in [0.05, 0.1) is 6.61 Å². The van der Waals surface area contributed by atoms with E-state index in [2.05, 4.69) is 11.8 Å². The Balaban J connectivity index is 2.27. The highest BCUT2D eigenvalue weighted by Gasteiger charge is 2.29. The lowest BCUT2D eigenvalue weighted by atomic mass is 9.96. The van der Waals surface area contributed by atoms with Crippen LogP contribution >= 0.6 is 0 Å². The van der Waals surface area contributed by atoms with Gasteiger partial charge in [-0.25, -0.2) is 0 Å². The van der Waals surface area contributed by atoms with Gasteiger partial charge in [-0.3, -0.25) is 4.79 Å². The number of hydrogen-bond donors (Lipinski definition) is 1. The Kier molecular flexibility index (Phi) is 8.27. The Hall–Kier alpha value is -0.610. The maximum Gasteiger partial charge on any atom is 0.325 e. The SMILES string of the molecule is CCCC1CCCN(CCCC(C)(N)C(=O)OCC)CC1. The third kappa shape index (κ3) is 6.79. The van der Waals surface area contributed by atoms with Crippen LogP contribution in [0.2, 0.25) is 0 Å². The van der Waals surface area contributed by atoms with Crippen molar-refractivity contribution in [3.63, 3.8) is 0 Å². The first kappa shape index (κ1) is 18.4. The Bertz CT molecular complexity index is 305. The van der Waals surface area contributed by atoms with E-state index in [1.165, 1.54) is 45.2 Å². The molecule has 21 heavy (non-hydrogen) atoms. The molecule has 4 heteroatoms. The van der Waals surface area contributed by atoms with Crippen LogP contribution in [0.5, 0.6) is 0 Å². The van der Waals surface area contributed by atoms with Crippen LogP contribution in [0.4, 0.5) is 0 Å². The highest BCUT2D eigenvalue weighted by atomic mass is 16.5. The van der Waals surface area contributed by atoms with E-state index in [0.717, 1.165) is 18.9 Å². The van der Waals surface area contributed by atoms with Gasteiger partial charge in [0.2, 0.25) is 0 Å². The monoisotopic (exact) mass is 298 g/mol. The van der Waals surface area contributed by atoms with Crippen molar-refractivity contribution in [1.29, 1.82) is 0 Å². The van der Waals surface area contributed by atoms with Crippen LogP contribution in [0.1, 0.15) is 65.7 Å². The number of nitrogens with zero attached hydrogens (tertiary/aromatic N) is 1. The molecule has 1 rings (SSSR count). The number of likely N-dealkylation sites (tertiary alicyclic amines) is 1. The molecule has 1 heterocycles. The summed E-state index contributed by atoms with van der Waals surface area (Å²) in [5, 5.41) is 0. The third-order valence-electron chi connectivity index (χ3n) is 4.55. The molecule has 2 atom stereocenters. The highest BCUT2D eigenvalue weighted by molar-refractivity contribution is 5.79. The molecular formula is C17H34N2O2. The number of nitrogens with two attached hydrogens (primary N) is 1. The first-order chi connectivity index (χ1) is 9.99. The van der Waals surface area contributed by atoms with Crippen molar-refractivity contribution in [3.8, 4) is 0 Å². The lowest BCUT2D eigenvalue weighted by molar-refractivity contribution is -0.149. The third-order valence-corrected chi connectivity index (χ3v) is 4.55. The molecule has 1 saturated heterocycles. The molecule has 0 bridgehead atoms. The smallest absolute Gasteiger partial charge is 0.325 e. The van der Waals surface area contributed by atoms with Crippen LogP contribution in [0.3, 0.4) is 0 Å². The Morgan fingerprint density at radius 2 is 2.10 bits per heavy atom. The molecule has 0 amide bonds. The van der Waals surface area contributed by atoms with Gasteiger partial charge in [-0.15, -0.1) is 0 Å². The van der Waals surface area contributed by atoms with Gasteiger partial charge in [-0.05, 0) is 71.5 Å². The standard InChI is InChI=1S/C17H34N2O2/c1-4-8-15-9-6-12-19(14-10-15)13-7-11-17(3,18)16(20)21-5-2/h15H,4-14,18H2,1-3H3. The molecule has 0 aliphatic carbocycles. The molecule has 0 saturated carbocycles. The Morgan fingerprint density at radius 3 is 2.76 bits per heavy atom. The van der Waals surface area contributed by atoms with Gasteiger partial charge in [0.15, 0.2) is 0 Å². The van der Waals surface area contributed by atoms with Gasteiger partial charge in [0, 0.05) is 0 Å². The first-order valence-electron chi connectivity index (χ1n) is 8.68. The number of ether oxygens (including phenoxy) is 1. The van der Waals surface area contributed by atoms with Crippen molar-refractivity contribution in [3.05, 3.63) is 0 Å². The molecule has 124 valence electrons. The summed E-state index contributed by atoms with van der Waals surface area (Å²) in [5.41, 5.74) is 5.22. The van der Waals surface area contributed by atoms with Crippen molar-refractivity contribution < 1.29 is 9.53 Å². The minimum atomic E-state index is -0.841. The molecule has 0 radical (unpaired) electrons. The van der Waals surface area contributed by atoms with Crippen molar-refractivity contribution >= 4 is 5.97 Å². The van der Waals surface area contributed by atoms with E-state index in [9.17, 15) is 4.79 Å². The minimum Gasteiger partial charge on any atom is -0.465 e. The molecular weight excluding hydrogens is 264 g/mol. The van der Waals surface area contributed by atoms with E-state index in [-0.39, 0.29) is 5.97 Å². The molecule has 1 fully saturated rings. The van der Waals surface area contributed by atoms with Crippen LogP contribution in [-0.2, 0) is 9.53 Å². The van der Waals surface area contributed by atoms with Crippen LogP contribution in [0.15, 0.2) is 0 Å². The molecule has 1 aliphatic rings. The van der Waals surface area contributed by atoms with Gasteiger partial charge >= 0.3 is 5.97 Å². The normalized spacial score (nSPS) is 23.3. The summed E-state index contributed by atoms with van der Waals surface area (Å²) in [6, 6.07) is 0. The zero-order valence-corrected chi connectivity index (χ0v) is 14.2. The maximum absolute atomic E-state index is 11.8. The Labute approximate surface area is 130 Å². The summed E-state index contributed by atoms with van der Waals surface area (Å²) in [7, 11) is 0. The van der Waals surface area contributed by atoms with Gasteiger partial charge in [-0.2, -0.15) is 0 Å². The lowest BCUT2D eigenvalue weighted by Crippen LogP contribution is -2.46. The molecule has 2 unspecified atom stereocenters. The van der Waals surface area contributed by atoms with Crippen LogP contribution in [0, 0.1) is 5.92 Å². The number of carbonyl (C=O) groups excluding carboxylic acids is 1. The van der Waals surface area contributed by atoms with Gasteiger partial charge < -0.3 is 15.4 Å². The van der Waals surface area contributed by atoms with E-state index in [1.807, 2.05) is 6.92 Å². The first-order valence-corrected chi connectivity index (χ1v) is 8.68. The van der Waals surface area contributed by atoms with Gasteiger partial charge in [-0.1, -0.05) is 19.8 Å². The van der Waals surface area contributed by atoms with E-state index >= 15 is 0 Å². The second-order valence-corrected chi connectivity index (χ2v) is 6.67. The fraction of sp³-hybridized carbons (Fsp3) is 0.941. The fourth-order valence-electron chi connectivity index (χ4n) is 3.21. The zero-order valence-electron chi connectivity index (χ0n) is 14.2. The van der Waals surface area contributed by atoms with Crippen molar-refractivity contribution in [1.82, 2.24) is 4.90 Å². The summed E-state index contributed by atoms with van der Waals surface area (Å²) >= 11 is 0. The number of rotatable bonds is 8. The molecule has 1 aliphatic heterocycles. The van der Waals surface area contributed by atoms with Crippen LogP contribution in [-0.4, -0.2) is 42.6 Å². The van der Waals surface area contributed by atoms with Crippen molar-refractivity contribution in [2.45, 2.75) is 71.3 Å². The fourth-order valence-corrected chi connectivity index (χ4v) is 3.21. The van der Waals surface area contributed by atoms with E-state index in [0.29, 0.717) is 13.0 Å². The zero-order chi connectivity index (χ0) is 15.7. The number of esters is 1. The highest BCUT2D eigenvalue weighted by Crippen LogP contribution is 2.22. The largest absolute Gasteiger partial charge is 0.465 e. The Morgan fingerprint density at radius 1 is 1.33 bits per heavy atom. The quantitative estimate of drug-likeness (QED) is 0.700. The average Bonchev–Trinajstić information content (AvgIpc) is 2.65. The summed E-state index contributed by atoms with van der Waals surface area (Å²) in [6.45, 7) is 9.72. The second kappa shape index (κ2) is 9.42. The second-order valence-electron chi connectivity index (χ2n) is 6.67. The van der Waals surface area contributed by atoms with Gasteiger partial charge in [0.1, 0.15) is 5.54 Å². The lowest BCUT2D eigenvalue weighted by Gasteiger charge is -2.25. The van der Waals surface area contributed by atoms with E-state index in [4.69, 9.17) is 10.5 Å². The molecule has 0 aromatic rings. The molecule has 0 aromatic carbocycles. The average molecular weight is 298 g/mol. The molecule has 0 aromatic heterocycles. The van der Waals surface area contributed by atoms with Crippen molar-refractivity contribution in [2.75, 3.05) is 26.2 Å². The maximum atomic E-state index is 11.8. The minimum absolute atomic E-state index is 0.274. The number of hydrogen-bond acceptors (Lipinski definition) is 4. The van der Waals surface area contributed by atoms with Gasteiger partial charge in [0.25, 0.3) is 0 Å². The topological polar surface area (TPSA) is 55.6 Å². The molecule has 0 spiro atoms. The van der Waals surface area contributed by atoms with E-state index in [1.54, 1.807) is 6.92 Å². The predicted octanol–water partition coefficient (Wildman–Crippen LogP) is 2.95. The number of carbonyl (C=O) groups is 1. The van der Waals surface area contributed by atoms with Crippen LogP contribution in [0.25, 0.3) is 0 Å². The summed E-state index contributed by atoms with van der Waals surface area (Å²) in [4.78, 5) is 14.3. The summed E-state index contributed by atoms with van der Waals surface area (Å²) < 4.78 is 5.03. The van der Waals surface area contributed by atoms with Crippen LogP contribution < -0.4 is 5.73 Å². The van der Waals surface area contributed by atoms with Crippen molar-refractivity contribution in [2.24, 2.45) is 11.7 Å².